The van der Waals surface area contributed by atoms with Crippen LogP contribution >= 0.6 is 0 Å². The van der Waals surface area contributed by atoms with Crippen LogP contribution in [0.2, 0.25) is 0 Å². The fourth-order valence-corrected chi connectivity index (χ4v) is 2.94. The molecule has 1 heterocycles. The Labute approximate surface area is 121 Å². The Kier molecular flexibility index (Phi) is 5.26. The highest BCUT2D eigenvalue weighted by Gasteiger charge is 2.20. The molecule has 20 heavy (non-hydrogen) atoms. The smallest absolute Gasteiger partial charge is 0.125 e. The molecule has 112 valence electrons. The average Bonchev–Trinajstić information content (AvgIpc) is 2.47. The quantitative estimate of drug-likeness (QED) is 0.899. The minimum Gasteiger partial charge on any atom is -0.496 e. The van der Waals surface area contributed by atoms with Crippen molar-refractivity contribution >= 4 is 5.69 Å². The van der Waals surface area contributed by atoms with E-state index in [4.69, 9.17) is 15.2 Å². The van der Waals surface area contributed by atoms with Gasteiger partial charge in [0.1, 0.15) is 5.75 Å². The fourth-order valence-electron chi connectivity index (χ4n) is 2.94. The van der Waals surface area contributed by atoms with Gasteiger partial charge < -0.3 is 20.1 Å². The lowest BCUT2D eigenvalue weighted by Gasteiger charge is -2.30. The van der Waals surface area contributed by atoms with Gasteiger partial charge in [-0.25, -0.2) is 0 Å². The second-order valence-corrected chi connectivity index (χ2v) is 5.65. The Balaban J connectivity index is 2.17. The summed E-state index contributed by atoms with van der Waals surface area (Å²) < 4.78 is 11.0. The van der Waals surface area contributed by atoms with Crippen molar-refractivity contribution in [2.75, 3.05) is 38.8 Å². The summed E-state index contributed by atoms with van der Waals surface area (Å²) in [6, 6.07) is 6.06. The first-order chi connectivity index (χ1) is 9.63. The van der Waals surface area contributed by atoms with Crippen molar-refractivity contribution in [3.05, 3.63) is 23.8 Å². The Bertz CT molecular complexity index is 428. The molecule has 0 spiro atoms. The van der Waals surface area contributed by atoms with Gasteiger partial charge in [-0.2, -0.15) is 0 Å². The maximum absolute atomic E-state index is 6.13. The van der Waals surface area contributed by atoms with Crippen molar-refractivity contribution in [2.24, 2.45) is 11.7 Å². The third kappa shape index (κ3) is 3.44. The van der Waals surface area contributed by atoms with Crippen LogP contribution in [0.5, 0.6) is 5.75 Å². The molecule has 1 aliphatic rings. The molecular formula is C16H26N2O2. The average molecular weight is 278 g/mol. The predicted octanol–water partition coefficient (Wildman–Crippen LogP) is 2.58. The van der Waals surface area contributed by atoms with E-state index in [2.05, 4.69) is 18.0 Å². The van der Waals surface area contributed by atoms with Gasteiger partial charge in [-0.05, 0) is 37.8 Å². The first-order valence-electron chi connectivity index (χ1n) is 7.34. The van der Waals surface area contributed by atoms with Gasteiger partial charge in [0, 0.05) is 37.5 Å². The van der Waals surface area contributed by atoms with Gasteiger partial charge in [-0.15, -0.1) is 0 Å². The summed E-state index contributed by atoms with van der Waals surface area (Å²) in [7, 11) is 3.81. The molecular weight excluding hydrogens is 252 g/mol. The minimum absolute atomic E-state index is 0.0498. The molecule has 4 nitrogen and oxygen atoms in total. The predicted molar refractivity (Wildman–Crippen MR) is 82.4 cm³/mol. The van der Waals surface area contributed by atoms with Crippen LogP contribution in [0.3, 0.4) is 0 Å². The van der Waals surface area contributed by atoms with E-state index in [-0.39, 0.29) is 6.04 Å². The monoisotopic (exact) mass is 278 g/mol. The van der Waals surface area contributed by atoms with Crippen LogP contribution in [0, 0.1) is 5.92 Å². The van der Waals surface area contributed by atoms with Gasteiger partial charge in [-0.3, -0.25) is 0 Å². The molecule has 1 aliphatic heterocycles. The molecule has 1 unspecified atom stereocenters. The molecule has 0 aromatic heterocycles. The third-order valence-corrected chi connectivity index (χ3v) is 3.92. The maximum atomic E-state index is 6.13. The highest BCUT2D eigenvalue weighted by Crippen LogP contribution is 2.33. The molecule has 0 aliphatic carbocycles. The minimum atomic E-state index is -0.0498. The first-order valence-corrected chi connectivity index (χ1v) is 7.34. The van der Waals surface area contributed by atoms with E-state index in [1.54, 1.807) is 7.11 Å². The lowest BCUT2D eigenvalue weighted by atomic mass is 10.00. The van der Waals surface area contributed by atoms with E-state index in [1.807, 2.05) is 19.1 Å². The summed E-state index contributed by atoms with van der Waals surface area (Å²) in [5.74, 6) is 1.46. The van der Waals surface area contributed by atoms with Crippen LogP contribution in [-0.4, -0.2) is 33.9 Å². The molecule has 0 bridgehead atoms. The number of benzene rings is 1. The lowest BCUT2D eigenvalue weighted by molar-refractivity contribution is 0.0576. The fraction of sp³-hybridized carbons (Fsp3) is 0.625. The maximum Gasteiger partial charge on any atom is 0.125 e. The normalized spacial score (nSPS) is 20.5. The van der Waals surface area contributed by atoms with Gasteiger partial charge in [-0.1, -0.05) is 6.07 Å². The molecule has 0 radical (unpaired) electrons. The van der Waals surface area contributed by atoms with Gasteiger partial charge in [0.2, 0.25) is 0 Å². The van der Waals surface area contributed by atoms with E-state index in [0.717, 1.165) is 43.2 Å². The Morgan fingerprint density at radius 2 is 2.30 bits per heavy atom. The van der Waals surface area contributed by atoms with E-state index in [0.29, 0.717) is 5.92 Å². The SMILES string of the molecule is COc1cccc(N(C)CC2CCCOC2)c1[C@@H](C)N. The molecule has 1 aromatic rings. The summed E-state index contributed by atoms with van der Waals surface area (Å²) in [4.78, 5) is 2.28. The summed E-state index contributed by atoms with van der Waals surface area (Å²) in [6.07, 6.45) is 2.40. The first kappa shape index (κ1) is 15.1. The van der Waals surface area contributed by atoms with Crippen LogP contribution in [0.25, 0.3) is 0 Å². The van der Waals surface area contributed by atoms with E-state index >= 15 is 0 Å². The van der Waals surface area contributed by atoms with Crippen molar-refractivity contribution in [1.29, 1.82) is 0 Å². The summed E-state index contributed by atoms with van der Waals surface area (Å²) >= 11 is 0. The van der Waals surface area contributed by atoms with E-state index in [9.17, 15) is 0 Å². The van der Waals surface area contributed by atoms with E-state index in [1.165, 1.54) is 6.42 Å². The zero-order valence-electron chi connectivity index (χ0n) is 12.8. The van der Waals surface area contributed by atoms with Crippen LogP contribution < -0.4 is 15.4 Å². The number of rotatable bonds is 5. The van der Waals surface area contributed by atoms with Gasteiger partial charge in [0.15, 0.2) is 0 Å². The number of methoxy groups -OCH3 is 1. The molecule has 2 atom stereocenters. The summed E-state index contributed by atoms with van der Waals surface area (Å²) in [5.41, 5.74) is 8.37. The third-order valence-electron chi connectivity index (χ3n) is 3.92. The molecule has 0 amide bonds. The Morgan fingerprint density at radius 1 is 1.50 bits per heavy atom. The zero-order chi connectivity index (χ0) is 14.5. The van der Waals surface area contributed by atoms with Crippen molar-refractivity contribution in [3.63, 3.8) is 0 Å². The van der Waals surface area contributed by atoms with Gasteiger partial charge in [0.25, 0.3) is 0 Å². The second-order valence-electron chi connectivity index (χ2n) is 5.65. The van der Waals surface area contributed by atoms with Crippen molar-refractivity contribution in [3.8, 4) is 5.75 Å². The van der Waals surface area contributed by atoms with Crippen LogP contribution in [0.4, 0.5) is 5.69 Å². The largest absolute Gasteiger partial charge is 0.496 e. The van der Waals surface area contributed by atoms with Gasteiger partial charge in [0.05, 0.1) is 13.7 Å². The zero-order valence-corrected chi connectivity index (χ0v) is 12.8. The van der Waals surface area contributed by atoms with Crippen molar-refractivity contribution in [2.45, 2.75) is 25.8 Å². The molecule has 0 saturated carbocycles. The topological polar surface area (TPSA) is 47.7 Å². The molecule has 2 N–H and O–H groups in total. The van der Waals surface area contributed by atoms with Crippen LogP contribution in [0.1, 0.15) is 31.4 Å². The van der Waals surface area contributed by atoms with Gasteiger partial charge >= 0.3 is 0 Å². The molecule has 1 fully saturated rings. The lowest BCUT2D eigenvalue weighted by Crippen LogP contribution is -2.31. The summed E-state index contributed by atoms with van der Waals surface area (Å²) in [6.45, 7) is 4.76. The Morgan fingerprint density at radius 3 is 2.90 bits per heavy atom. The summed E-state index contributed by atoms with van der Waals surface area (Å²) in [5, 5.41) is 0. The number of hydrogen-bond donors (Lipinski definition) is 1. The van der Waals surface area contributed by atoms with Crippen LogP contribution in [-0.2, 0) is 4.74 Å². The standard InChI is InChI=1S/C16H26N2O2/c1-12(17)16-14(7-4-8-15(16)19-3)18(2)10-13-6-5-9-20-11-13/h4,7-8,12-13H,5-6,9-11,17H2,1-3H3/t12-,13?/m1/s1. The second kappa shape index (κ2) is 6.95. The number of nitrogens with two attached hydrogens (primary N) is 1. The molecule has 1 saturated heterocycles. The number of hydrogen-bond acceptors (Lipinski definition) is 4. The highest BCUT2D eigenvalue weighted by atomic mass is 16.5. The van der Waals surface area contributed by atoms with Crippen LogP contribution in [0.15, 0.2) is 18.2 Å². The van der Waals surface area contributed by atoms with E-state index < -0.39 is 0 Å². The highest BCUT2D eigenvalue weighted by molar-refractivity contribution is 5.60. The van der Waals surface area contributed by atoms with Crippen molar-refractivity contribution < 1.29 is 9.47 Å². The number of nitrogens with zero attached hydrogens (tertiary/aromatic N) is 1. The molecule has 1 aromatic carbocycles. The molecule has 2 rings (SSSR count). The number of ether oxygens (including phenoxy) is 2. The Hall–Kier alpha value is -1.26. The molecule has 4 heteroatoms. The van der Waals surface area contributed by atoms with Crippen molar-refractivity contribution in [1.82, 2.24) is 0 Å². The number of anilines is 1.